The van der Waals surface area contributed by atoms with Crippen LogP contribution in [0.2, 0.25) is 19.6 Å². The average molecular weight is 319 g/mol. The molecule has 0 unspecified atom stereocenters. The maximum absolute atomic E-state index is 10.8. The molecule has 17 heavy (non-hydrogen) atoms. The molecule has 0 radical (unpaired) electrons. The first kappa shape index (κ1) is 16.6. The van der Waals surface area contributed by atoms with Crippen molar-refractivity contribution >= 4 is 30.0 Å². The molecule has 0 rings (SSSR count). The Morgan fingerprint density at radius 2 is 2.00 bits per heavy atom. The lowest BCUT2D eigenvalue weighted by Gasteiger charge is -2.23. The predicted molar refractivity (Wildman–Crippen MR) is 80.2 cm³/mol. The topological polar surface area (TPSA) is 26.3 Å². The van der Waals surface area contributed by atoms with Gasteiger partial charge in [-0.2, -0.15) is 0 Å². The first-order chi connectivity index (χ1) is 7.79. The first-order valence-corrected chi connectivity index (χ1v) is 10.5. The average Bonchev–Trinajstić information content (AvgIpc) is 2.19. The molecule has 0 N–H and O–H groups in total. The van der Waals surface area contributed by atoms with E-state index in [2.05, 4.69) is 48.2 Å². The molecule has 0 fully saturated rings. The molecule has 0 aliphatic carbocycles. The van der Waals surface area contributed by atoms with Gasteiger partial charge in [0.2, 0.25) is 0 Å². The molecule has 0 aliphatic heterocycles. The van der Waals surface area contributed by atoms with Crippen molar-refractivity contribution in [2.45, 2.75) is 39.4 Å². The summed E-state index contributed by atoms with van der Waals surface area (Å²) in [6.07, 6.45) is 4.43. The van der Waals surface area contributed by atoms with Crippen LogP contribution in [0.3, 0.4) is 0 Å². The van der Waals surface area contributed by atoms with Gasteiger partial charge in [0.25, 0.3) is 0 Å². The normalized spacial score (nSPS) is 12.4. The second kappa shape index (κ2) is 7.87. The van der Waals surface area contributed by atoms with Gasteiger partial charge >= 0.3 is 5.97 Å². The van der Waals surface area contributed by atoms with Gasteiger partial charge in [-0.15, -0.1) is 0 Å². The van der Waals surface area contributed by atoms with Crippen LogP contribution < -0.4 is 0 Å². The third-order valence-corrected chi connectivity index (χ3v) is 5.06. The summed E-state index contributed by atoms with van der Waals surface area (Å²) in [6.45, 7) is 12.6. The number of alkyl halides is 1. The van der Waals surface area contributed by atoms with Crippen molar-refractivity contribution in [1.29, 1.82) is 0 Å². The van der Waals surface area contributed by atoms with Gasteiger partial charge in [-0.25, -0.2) is 0 Å². The summed E-state index contributed by atoms with van der Waals surface area (Å²) < 4.78 is 5.02. The highest BCUT2D eigenvalue weighted by Gasteiger charge is 2.21. The van der Waals surface area contributed by atoms with Crippen molar-refractivity contribution < 1.29 is 9.53 Å². The minimum Gasteiger partial charge on any atom is -0.461 e. The fourth-order valence-corrected chi connectivity index (χ4v) is 3.78. The van der Waals surface area contributed by atoms with E-state index in [0.717, 1.165) is 23.7 Å². The molecule has 98 valence electrons. The highest BCUT2D eigenvalue weighted by atomic mass is 79.9. The van der Waals surface area contributed by atoms with Gasteiger partial charge in [0.05, 0.1) is 8.07 Å². The lowest BCUT2D eigenvalue weighted by Crippen LogP contribution is -2.26. The number of unbranched alkanes of at least 4 members (excludes halogenated alkanes) is 1. The van der Waals surface area contributed by atoms with E-state index in [9.17, 15) is 4.79 Å². The Balaban J connectivity index is 4.63. The third kappa shape index (κ3) is 7.55. The van der Waals surface area contributed by atoms with Crippen molar-refractivity contribution in [3.05, 3.63) is 23.4 Å². The van der Waals surface area contributed by atoms with E-state index in [1.165, 1.54) is 12.1 Å². The Bertz CT molecular complexity index is 303. The zero-order valence-electron chi connectivity index (χ0n) is 11.3. The standard InChI is InChI=1S/C13H23BrO2Si/c1-11(10-16-12(2)15)13(17(3,4)5)8-6-7-9-14/h8H,1,6-7,9-10H2,2-5H3/b13-8-. The number of allylic oxidation sites excluding steroid dienone is 1. The Hall–Kier alpha value is -0.353. The van der Waals surface area contributed by atoms with Crippen LogP contribution in [0.5, 0.6) is 0 Å². The van der Waals surface area contributed by atoms with E-state index in [0.29, 0.717) is 6.61 Å². The summed E-state index contributed by atoms with van der Waals surface area (Å²) in [5, 5.41) is 2.33. The van der Waals surface area contributed by atoms with Gasteiger partial charge in [-0.05, 0) is 18.4 Å². The molecule has 0 aromatic rings. The van der Waals surface area contributed by atoms with E-state index < -0.39 is 8.07 Å². The molecule has 0 bridgehead atoms. The van der Waals surface area contributed by atoms with Crippen molar-refractivity contribution in [3.8, 4) is 0 Å². The van der Waals surface area contributed by atoms with Crippen LogP contribution in [0, 0.1) is 0 Å². The van der Waals surface area contributed by atoms with Crippen LogP contribution in [0.15, 0.2) is 23.4 Å². The van der Waals surface area contributed by atoms with Crippen molar-refractivity contribution in [1.82, 2.24) is 0 Å². The van der Waals surface area contributed by atoms with E-state index in [1.807, 2.05) is 0 Å². The van der Waals surface area contributed by atoms with Crippen LogP contribution in [-0.4, -0.2) is 26.0 Å². The quantitative estimate of drug-likeness (QED) is 0.232. The van der Waals surface area contributed by atoms with Crippen LogP contribution in [0.4, 0.5) is 0 Å². The number of carbonyl (C=O) groups excluding carboxylic acids is 1. The molecule has 0 aromatic carbocycles. The molecule has 0 spiro atoms. The van der Waals surface area contributed by atoms with Crippen molar-refractivity contribution in [3.63, 3.8) is 0 Å². The largest absolute Gasteiger partial charge is 0.461 e. The smallest absolute Gasteiger partial charge is 0.302 e. The number of hydrogen-bond acceptors (Lipinski definition) is 2. The molecule has 2 nitrogen and oxygen atoms in total. The van der Waals surface area contributed by atoms with Crippen LogP contribution in [0.25, 0.3) is 0 Å². The Morgan fingerprint density at radius 1 is 1.41 bits per heavy atom. The minimum atomic E-state index is -1.42. The molecule has 0 atom stereocenters. The van der Waals surface area contributed by atoms with E-state index in [4.69, 9.17) is 4.74 Å². The fourth-order valence-electron chi connectivity index (χ4n) is 1.57. The second-order valence-corrected chi connectivity index (χ2v) is 10.9. The lowest BCUT2D eigenvalue weighted by atomic mass is 10.2. The minimum absolute atomic E-state index is 0.249. The SMILES string of the molecule is C=C(COC(C)=O)/C(=C/CCCBr)[Si](C)(C)C. The monoisotopic (exact) mass is 318 g/mol. The third-order valence-electron chi connectivity index (χ3n) is 2.32. The van der Waals surface area contributed by atoms with Gasteiger partial charge in [0.15, 0.2) is 0 Å². The van der Waals surface area contributed by atoms with E-state index >= 15 is 0 Å². The summed E-state index contributed by atoms with van der Waals surface area (Å²) in [6, 6.07) is 0. The number of esters is 1. The molecule has 0 aromatic heterocycles. The number of ether oxygens (including phenoxy) is 1. The first-order valence-electron chi connectivity index (χ1n) is 5.87. The zero-order valence-corrected chi connectivity index (χ0v) is 13.9. The van der Waals surface area contributed by atoms with Crippen molar-refractivity contribution in [2.75, 3.05) is 11.9 Å². The molecular formula is C13H23BrO2Si. The zero-order chi connectivity index (χ0) is 13.5. The number of halogens is 1. The van der Waals surface area contributed by atoms with Crippen molar-refractivity contribution in [2.24, 2.45) is 0 Å². The summed E-state index contributed by atoms with van der Waals surface area (Å²) in [4.78, 5) is 10.8. The molecule has 0 saturated heterocycles. The maximum atomic E-state index is 10.8. The summed E-state index contributed by atoms with van der Waals surface area (Å²) in [5.74, 6) is -0.249. The van der Waals surface area contributed by atoms with Gasteiger partial charge in [-0.1, -0.05) is 53.4 Å². The van der Waals surface area contributed by atoms with Crippen LogP contribution >= 0.6 is 15.9 Å². The second-order valence-electron chi connectivity index (χ2n) is 5.08. The summed E-state index contributed by atoms with van der Waals surface area (Å²) in [5.41, 5.74) is 0.953. The van der Waals surface area contributed by atoms with Gasteiger partial charge < -0.3 is 4.74 Å². The number of rotatable bonds is 7. The summed E-state index contributed by atoms with van der Waals surface area (Å²) in [7, 11) is -1.42. The number of carbonyl (C=O) groups is 1. The summed E-state index contributed by atoms with van der Waals surface area (Å²) >= 11 is 3.43. The molecule has 0 amide bonds. The van der Waals surface area contributed by atoms with Crippen LogP contribution in [0.1, 0.15) is 19.8 Å². The highest BCUT2D eigenvalue weighted by Crippen LogP contribution is 2.23. The molecule has 0 aliphatic rings. The molecule has 4 heteroatoms. The van der Waals surface area contributed by atoms with Gasteiger partial charge in [-0.3, -0.25) is 4.79 Å². The number of hydrogen-bond donors (Lipinski definition) is 0. The molecule has 0 heterocycles. The van der Waals surface area contributed by atoms with Crippen LogP contribution in [-0.2, 0) is 9.53 Å². The van der Waals surface area contributed by atoms with E-state index in [-0.39, 0.29) is 5.97 Å². The predicted octanol–water partition coefficient (Wildman–Crippen LogP) is 4.08. The highest BCUT2D eigenvalue weighted by molar-refractivity contribution is 9.09. The fraction of sp³-hybridized carbons (Fsp3) is 0.615. The van der Waals surface area contributed by atoms with E-state index in [1.54, 1.807) is 0 Å². The molecule has 0 saturated carbocycles. The lowest BCUT2D eigenvalue weighted by molar-refractivity contribution is -0.139. The Morgan fingerprint density at radius 3 is 2.41 bits per heavy atom. The molecular weight excluding hydrogens is 296 g/mol. The van der Waals surface area contributed by atoms with Gasteiger partial charge in [0, 0.05) is 12.3 Å². The van der Waals surface area contributed by atoms with Gasteiger partial charge in [0.1, 0.15) is 6.61 Å². The maximum Gasteiger partial charge on any atom is 0.302 e. The Labute approximate surface area is 114 Å². The Kier molecular flexibility index (Phi) is 7.71.